The van der Waals surface area contributed by atoms with Crippen molar-refractivity contribution in [1.82, 2.24) is 0 Å². The zero-order valence-corrected chi connectivity index (χ0v) is 7.03. The van der Waals surface area contributed by atoms with E-state index in [1.807, 2.05) is 0 Å². The fraction of sp³-hybridized carbons (Fsp3) is 0. The maximum atomic E-state index is 8.67. The normalized spacial score (nSPS) is 4.38. The van der Waals surface area contributed by atoms with Crippen molar-refractivity contribution in [2.45, 2.75) is 0 Å². The Morgan fingerprint density at radius 3 is 1.12 bits per heavy atom. The topological polar surface area (TPSA) is 152 Å². The number of hydrogen-bond acceptors (Lipinski definition) is 1. The van der Waals surface area contributed by atoms with Gasteiger partial charge in [0.2, 0.25) is 0 Å². The molecule has 8 N–H and O–H groups in total. The van der Waals surface area contributed by atoms with Crippen molar-refractivity contribution in [2.24, 2.45) is 0 Å². The second-order valence-electron chi connectivity index (χ2n) is 0.231. The maximum absolute atomic E-state index is 8.67. The van der Waals surface area contributed by atoms with Gasteiger partial charge in [0.05, 0.1) is 0 Å². The van der Waals surface area contributed by atoms with Gasteiger partial charge in [-0.25, -0.2) is 0 Å². The van der Waals surface area contributed by atoms with Gasteiger partial charge < -0.3 is 17.9 Å². The van der Waals surface area contributed by atoms with Crippen LogP contribution in [0.15, 0.2) is 0 Å². The zero-order chi connectivity index (χ0) is 3.58. The van der Waals surface area contributed by atoms with Crippen LogP contribution in [0, 0.1) is 0 Å². The average molecular weight is 160 g/mol. The number of hydrogen-bond donors (Lipinski definition) is 2. The smallest absolute Gasteiger partial charge is 1.00 e. The molecular weight excluding hydrogens is 151 g/mol. The molecule has 52 valence electrons. The predicted molar refractivity (Wildman–Crippen MR) is 25.4 cm³/mol. The van der Waals surface area contributed by atoms with Gasteiger partial charge in [0, 0.05) is 0 Å². The van der Waals surface area contributed by atoms with Gasteiger partial charge in [0.25, 0.3) is 11.4 Å². The van der Waals surface area contributed by atoms with Gasteiger partial charge in [-0.3, -0.25) is 9.11 Å². The Morgan fingerprint density at radius 1 is 1.12 bits per heavy atom. The molecular formula is H9NaO6S. The predicted octanol–water partition coefficient (Wildman–Crippen LogP) is -5.68. The van der Waals surface area contributed by atoms with Gasteiger partial charge in [-0.1, -0.05) is 0 Å². The molecule has 0 fully saturated rings. The molecule has 0 heterocycles. The summed E-state index contributed by atoms with van der Waals surface area (Å²) < 4.78 is 22.8. The minimum absolute atomic E-state index is 0. The van der Waals surface area contributed by atoms with E-state index in [4.69, 9.17) is 13.3 Å². The molecule has 0 unspecified atom stereocenters. The van der Waals surface area contributed by atoms with Crippen LogP contribution in [0.3, 0.4) is 0 Å². The van der Waals surface area contributed by atoms with Crippen LogP contribution in [0.4, 0.5) is 0 Å². The Balaban J connectivity index is -0.00000000450. The van der Waals surface area contributed by atoms with Gasteiger partial charge in [0.1, 0.15) is 0 Å². The summed E-state index contributed by atoms with van der Waals surface area (Å²) in [7, 11) is 0. The molecule has 0 amide bonds. The summed E-state index contributed by atoms with van der Waals surface area (Å²) in [5, 5.41) is 0. The first-order chi connectivity index (χ1) is 1.73. The molecule has 0 spiro atoms. The van der Waals surface area contributed by atoms with E-state index in [2.05, 4.69) is 0 Å². The van der Waals surface area contributed by atoms with E-state index < -0.39 is 11.4 Å². The van der Waals surface area contributed by atoms with Gasteiger partial charge in [-0.2, -0.15) is 4.21 Å². The van der Waals surface area contributed by atoms with Crippen LogP contribution in [0.25, 0.3) is 0 Å². The van der Waals surface area contributed by atoms with E-state index >= 15 is 0 Å². The molecule has 0 saturated heterocycles. The molecule has 0 bridgehead atoms. The molecule has 0 saturated carbocycles. The maximum Gasteiger partial charge on any atom is 1.00 e. The summed E-state index contributed by atoms with van der Waals surface area (Å²) in [6.07, 6.45) is 0. The van der Waals surface area contributed by atoms with Crippen LogP contribution in [-0.4, -0.2) is 29.7 Å². The quantitative estimate of drug-likeness (QED) is 0.268. The molecule has 0 radical (unpaired) electrons. The van der Waals surface area contributed by atoms with Crippen molar-refractivity contribution < 1.29 is 60.7 Å². The van der Waals surface area contributed by atoms with Crippen molar-refractivity contribution >= 4 is 11.4 Å². The fourth-order valence-electron chi connectivity index (χ4n) is 0. The van der Waals surface area contributed by atoms with Gasteiger partial charge >= 0.3 is 29.6 Å². The Labute approximate surface area is 72.1 Å². The second-order valence-corrected chi connectivity index (χ2v) is 0.692. The molecule has 0 aliphatic heterocycles. The monoisotopic (exact) mass is 160 g/mol. The molecule has 8 heteroatoms. The molecule has 8 heavy (non-hydrogen) atoms. The molecule has 0 aliphatic carbocycles. The summed E-state index contributed by atoms with van der Waals surface area (Å²) >= 11 is -2.61. The van der Waals surface area contributed by atoms with Crippen molar-refractivity contribution in [3.05, 3.63) is 0 Å². The van der Waals surface area contributed by atoms with E-state index in [-0.39, 0.29) is 47.4 Å². The van der Waals surface area contributed by atoms with Gasteiger partial charge in [-0.05, 0) is 0 Å². The summed E-state index contributed by atoms with van der Waals surface area (Å²) in [5.41, 5.74) is 0. The Morgan fingerprint density at radius 2 is 1.12 bits per heavy atom. The van der Waals surface area contributed by atoms with Crippen molar-refractivity contribution in [2.75, 3.05) is 0 Å². The largest absolute Gasteiger partial charge is 1.00 e. The fourth-order valence-corrected chi connectivity index (χ4v) is 0. The van der Waals surface area contributed by atoms with Crippen LogP contribution >= 0.6 is 0 Å². The van der Waals surface area contributed by atoms with Gasteiger partial charge in [0.15, 0.2) is 0 Å². The number of rotatable bonds is 0. The van der Waals surface area contributed by atoms with Crippen LogP contribution in [-0.2, 0) is 11.4 Å². The molecule has 0 rings (SSSR count). The van der Waals surface area contributed by atoms with Crippen LogP contribution in [0.5, 0.6) is 0 Å². The summed E-state index contributed by atoms with van der Waals surface area (Å²) in [6, 6.07) is 0. The minimum Gasteiger partial charge on any atom is -1.00 e. The Kier molecular flexibility index (Phi) is 112. The standard InChI is InChI=1S/Na.H2O3S.3H2O.H/c;1-4(2)3;;;;/h;(H2,1,2,3);3*1H2;/q+1;;;;;-1. The van der Waals surface area contributed by atoms with Crippen molar-refractivity contribution in [3.63, 3.8) is 0 Å². The summed E-state index contributed by atoms with van der Waals surface area (Å²) in [4.78, 5) is 0. The van der Waals surface area contributed by atoms with E-state index in [0.717, 1.165) is 0 Å². The minimum atomic E-state index is -2.61. The first-order valence-corrected chi connectivity index (χ1v) is 1.60. The van der Waals surface area contributed by atoms with Crippen LogP contribution in [0.2, 0.25) is 0 Å². The molecule has 0 aromatic heterocycles. The van der Waals surface area contributed by atoms with E-state index in [9.17, 15) is 0 Å². The third-order valence-electron chi connectivity index (χ3n) is 0. The first kappa shape index (κ1) is 36.3. The molecule has 6 nitrogen and oxygen atoms in total. The van der Waals surface area contributed by atoms with Crippen molar-refractivity contribution in [1.29, 1.82) is 0 Å². The molecule has 0 aromatic carbocycles. The van der Waals surface area contributed by atoms with Crippen LogP contribution in [0.1, 0.15) is 1.43 Å². The Hall–Kier alpha value is 0.950. The summed E-state index contributed by atoms with van der Waals surface area (Å²) in [6.45, 7) is 0. The summed E-state index contributed by atoms with van der Waals surface area (Å²) in [5.74, 6) is 0. The SMILES string of the molecule is O.O.O.O=S(O)O.[H-].[Na+]. The zero-order valence-electron chi connectivity index (χ0n) is 5.21. The van der Waals surface area contributed by atoms with Crippen LogP contribution < -0.4 is 29.6 Å². The van der Waals surface area contributed by atoms with E-state index in [1.165, 1.54) is 0 Å². The Bertz CT molecular complexity index is 36.0. The van der Waals surface area contributed by atoms with E-state index in [1.54, 1.807) is 0 Å². The van der Waals surface area contributed by atoms with Gasteiger partial charge in [-0.15, -0.1) is 0 Å². The third kappa shape index (κ3) is 273. The molecule has 0 aromatic rings. The van der Waals surface area contributed by atoms with Crippen molar-refractivity contribution in [3.8, 4) is 0 Å². The van der Waals surface area contributed by atoms with E-state index in [0.29, 0.717) is 0 Å². The molecule has 0 aliphatic rings. The first-order valence-electron chi connectivity index (χ1n) is 0.532. The average Bonchev–Trinajstić information content (AvgIpc) is 0.811. The second kappa shape index (κ2) is 24.6. The third-order valence-corrected chi connectivity index (χ3v) is 0. The molecule has 0 atom stereocenters.